The number of nitrogens with one attached hydrogen (secondary N) is 3. The Bertz CT molecular complexity index is 2440. The normalized spacial score (nSPS) is 19.8. The minimum Gasteiger partial charge on any atom is -0.467 e. The maximum Gasteiger partial charge on any atom is 0.407 e. The highest BCUT2D eigenvalue weighted by atomic mass is 32.3. The smallest absolute Gasteiger partial charge is 0.407 e. The van der Waals surface area contributed by atoms with E-state index in [1.807, 2.05) is 61.0 Å². The van der Waals surface area contributed by atoms with Gasteiger partial charge in [0.15, 0.2) is 30.5 Å². The Hall–Kier alpha value is -6.42. The first-order valence-corrected chi connectivity index (χ1v) is 24.8. The highest BCUT2D eigenvalue weighted by molar-refractivity contribution is 8.29. The standard InChI is InChI=1S/C51H63N3O14S/c1-28(2)42(54-50(61)63-27-40-38-19-15-13-17-36(38)37-18-14-16-20-39(37)40)48(59)52-29(3)47(58)53-35-23-21-34(26-64-69(11,12)51(7,8)9)33(25-35)22-24-41-43(65-30(4)55)44(66-31(5)56)45(67-32(6)57)46(68-41)49(60)62-10/h13-21,23,25,28-29,40-46H,26-27H2,1-12H3,(H,52,59)(H,53,58)(H,54,61)/t29-,41-,42-,43-,44+,45-,46-/m0/s1. The van der Waals surface area contributed by atoms with E-state index in [0.29, 0.717) is 11.1 Å². The van der Waals surface area contributed by atoms with Crippen molar-refractivity contribution in [1.82, 2.24) is 10.6 Å². The molecule has 1 heterocycles. The molecule has 18 heteroatoms. The maximum atomic E-state index is 13.7. The van der Waals surface area contributed by atoms with Gasteiger partial charge in [-0.25, -0.2) is 9.59 Å². The van der Waals surface area contributed by atoms with E-state index >= 15 is 0 Å². The zero-order chi connectivity index (χ0) is 51.0. The Kier molecular flexibility index (Phi) is 17.7. The molecule has 3 aromatic carbocycles. The number of methoxy groups -OCH3 is 1. The highest BCUT2D eigenvalue weighted by Crippen LogP contribution is 2.54. The predicted octanol–water partition coefficient (Wildman–Crippen LogP) is 6.07. The highest BCUT2D eigenvalue weighted by Gasteiger charge is 2.54. The molecule has 1 fully saturated rings. The molecule has 2 aliphatic rings. The molecule has 5 rings (SSSR count). The van der Waals surface area contributed by atoms with E-state index in [9.17, 15) is 33.6 Å². The van der Waals surface area contributed by atoms with Gasteiger partial charge >= 0.3 is 30.0 Å². The van der Waals surface area contributed by atoms with Crippen LogP contribution in [0.3, 0.4) is 0 Å². The predicted molar refractivity (Wildman–Crippen MR) is 258 cm³/mol. The zero-order valence-electron chi connectivity index (χ0n) is 41.1. The monoisotopic (exact) mass is 973 g/mol. The van der Waals surface area contributed by atoms with Gasteiger partial charge < -0.3 is 48.6 Å². The van der Waals surface area contributed by atoms with Crippen molar-refractivity contribution in [2.45, 2.75) is 122 Å². The summed E-state index contributed by atoms with van der Waals surface area (Å²) in [5.41, 5.74) is 5.43. The van der Waals surface area contributed by atoms with Crippen LogP contribution in [0.25, 0.3) is 11.1 Å². The summed E-state index contributed by atoms with van der Waals surface area (Å²) in [6.07, 6.45) is -4.44. The number of hydrogen-bond acceptors (Lipinski definition) is 14. The van der Waals surface area contributed by atoms with E-state index in [1.54, 1.807) is 32.0 Å². The molecule has 0 aromatic heterocycles. The van der Waals surface area contributed by atoms with Crippen LogP contribution in [-0.4, -0.2) is 115 Å². The third-order valence-corrected chi connectivity index (χ3v) is 15.6. The number of hydrogen-bond donors (Lipinski definition) is 3. The van der Waals surface area contributed by atoms with Crippen molar-refractivity contribution >= 4 is 57.8 Å². The molecular formula is C51H63N3O14S. The molecule has 17 nitrogen and oxygen atoms in total. The summed E-state index contributed by atoms with van der Waals surface area (Å²) in [4.78, 5) is 90.6. The van der Waals surface area contributed by atoms with Crippen molar-refractivity contribution in [2.24, 2.45) is 5.92 Å². The summed E-state index contributed by atoms with van der Waals surface area (Å²) in [7, 11) is -0.557. The van der Waals surface area contributed by atoms with Crippen LogP contribution in [0.4, 0.5) is 10.5 Å². The first-order chi connectivity index (χ1) is 32.4. The van der Waals surface area contributed by atoms with Gasteiger partial charge in [0.25, 0.3) is 0 Å². The Balaban J connectivity index is 1.36. The van der Waals surface area contributed by atoms with Crippen molar-refractivity contribution in [2.75, 3.05) is 31.5 Å². The number of amides is 3. The van der Waals surface area contributed by atoms with Crippen molar-refractivity contribution in [1.29, 1.82) is 0 Å². The maximum absolute atomic E-state index is 13.7. The van der Waals surface area contributed by atoms with Crippen LogP contribution in [-0.2, 0) is 68.0 Å². The van der Waals surface area contributed by atoms with Gasteiger partial charge in [0.1, 0.15) is 18.7 Å². The number of carbonyl (C=O) groups is 7. The van der Waals surface area contributed by atoms with Gasteiger partial charge in [-0.05, 0) is 65.3 Å². The van der Waals surface area contributed by atoms with Crippen molar-refractivity contribution < 1.29 is 66.2 Å². The van der Waals surface area contributed by atoms with Crippen LogP contribution in [0.5, 0.6) is 0 Å². The number of alkyl carbamates (subject to hydrolysis) is 1. The third kappa shape index (κ3) is 13.4. The molecule has 3 N–H and O–H groups in total. The fourth-order valence-electron chi connectivity index (χ4n) is 7.59. The van der Waals surface area contributed by atoms with Gasteiger partial charge in [0.05, 0.1) is 13.7 Å². The molecule has 7 atom stereocenters. The van der Waals surface area contributed by atoms with E-state index in [2.05, 4.69) is 48.6 Å². The third-order valence-electron chi connectivity index (χ3n) is 11.9. The number of carbonyl (C=O) groups excluding carboxylic acids is 7. The van der Waals surface area contributed by atoms with E-state index < -0.39 is 94.7 Å². The summed E-state index contributed by atoms with van der Waals surface area (Å²) < 4.78 is 39.3. The molecule has 3 aromatic rings. The quantitative estimate of drug-likeness (QED) is 0.0894. The minimum atomic E-state index is -1.65. The molecule has 69 heavy (non-hydrogen) atoms. The molecular weight excluding hydrogens is 911 g/mol. The Labute approximate surface area is 404 Å². The van der Waals surface area contributed by atoms with Crippen LogP contribution < -0.4 is 16.0 Å². The van der Waals surface area contributed by atoms with E-state index in [0.717, 1.165) is 50.1 Å². The van der Waals surface area contributed by atoms with E-state index in [-0.39, 0.29) is 35.5 Å². The van der Waals surface area contributed by atoms with Crippen molar-refractivity contribution in [3.8, 4) is 23.0 Å². The fourth-order valence-corrected chi connectivity index (χ4v) is 8.36. The first-order valence-electron chi connectivity index (χ1n) is 22.4. The first kappa shape index (κ1) is 53.5. The number of ether oxygens (including phenoxy) is 6. The van der Waals surface area contributed by atoms with E-state index in [1.165, 1.54) is 6.92 Å². The number of esters is 4. The molecule has 0 bridgehead atoms. The van der Waals surface area contributed by atoms with Crippen LogP contribution in [0.2, 0.25) is 0 Å². The number of rotatable bonds is 15. The lowest BCUT2D eigenvalue weighted by Gasteiger charge is -2.43. The molecule has 3 amide bonds. The summed E-state index contributed by atoms with van der Waals surface area (Å²) in [6.45, 7) is 14.6. The van der Waals surface area contributed by atoms with Crippen LogP contribution in [0, 0.1) is 17.8 Å². The van der Waals surface area contributed by atoms with Gasteiger partial charge in [-0.1, -0.05) is 101 Å². The van der Waals surface area contributed by atoms with Crippen molar-refractivity contribution in [3.05, 3.63) is 89.0 Å². The number of benzene rings is 3. The second-order valence-electron chi connectivity index (χ2n) is 18.4. The molecule has 0 radical (unpaired) electrons. The van der Waals surface area contributed by atoms with Crippen LogP contribution in [0.1, 0.15) is 90.5 Å². The summed E-state index contributed by atoms with van der Waals surface area (Å²) in [5.74, 6) is 0.677. The molecule has 1 aliphatic carbocycles. The van der Waals surface area contributed by atoms with Crippen molar-refractivity contribution in [3.63, 3.8) is 0 Å². The number of fused-ring (bicyclic) bond motifs is 3. The van der Waals surface area contributed by atoms with E-state index in [4.69, 9.17) is 32.6 Å². The van der Waals surface area contributed by atoms with Crippen LogP contribution in [0.15, 0.2) is 66.7 Å². The lowest BCUT2D eigenvalue weighted by Crippen LogP contribution is -2.63. The Morgan fingerprint density at radius 2 is 1.32 bits per heavy atom. The van der Waals surface area contributed by atoms with Gasteiger partial charge in [-0.2, -0.15) is 0 Å². The SMILES string of the molecule is COC(=O)[C@H]1O[C@@H](C#Cc2cc(NC(=O)[C@H](C)NC(=O)[C@@H](NC(=O)OCC3c4ccccc4-c4ccccc43)C(C)C)ccc2COS(C)(C)C(C)(C)C)[C@H](OC(C)=O)[C@@H](OC(C)=O)[C@@H]1OC(C)=O. The average Bonchev–Trinajstić information content (AvgIpc) is 3.59. The van der Waals surface area contributed by atoms with Gasteiger partial charge in [0, 0.05) is 42.7 Å². The summed E-state index contributed by atoms with van der Waals surface area (Å²) >= 11 is 0. The number of anilines is 1. The van der Waals surface area contributed by atoms with Gasteiger partial charge in [0.2, 0.25) is 11.8 Å². The molecule has 0 saturated carbocycles. The fraction of sp³-hybridized carbons (Fsp3) is 0.471. The second-order valence-corrected chi connectivity index (χ2v) is 22.3. The average molecular weight is 974 g/mol. The lowest BCUT2D eigenvalue weighted by molar-refractivity contribution is -0.239. The van der Waals surface area contributed by atoms with Gasteiger partial charge in [-0.15, -0.1) is 10.3 Å². The largest absolute Gasteiger partial charge is 0.467 e. The summed E-state index contributed by atoms with van der Waals surface area (Å²) in [6, 6.07) is 18.7. The second kappa shape index (κ2) is 22.8. The molecule has 1 saturated heterocycles. The van der Waals surface area contributed by atoms with Crippen LogP contribution >= 0.6 is 10.3 Å². The lowest BCUT2D eigenvalue weighted by atomic mass is 9.93. The molecule has 372 valence electrons. The van der Waals surface area contributed by atoms with Gasteiger partial charge in [-0.3, -0.25) is 24.0 Å². The molecule has 0 unspecified atom stereocenters. The Morgan fingerprint density at radius 3 is 1.87 bits per heavy atom. The molecule has 0 spiro atoms. The molecule has 1 aliphatic heterocycles. The topological polar surface area (TPSA) is 220 Å². The summed E-state index contributed by atoms with van der Waals surface area (Å²) in [5, 5.41) is 8.18. The zero-order valence-corrected chi connectivity index (χ0v) is 41.9. The Morgan fingerprint density at radius 1 is 0.754 bits per heavy atom. The minimum absolute atomic E-state index is 0.0533.